The van der Waals surface area contributed by atoms with Gasteiger partial charge in [-0.25, -0.2) is 13.4 Å². The SMILES string of the molecule is CC(Oc1ccc(-c2nc(-c3ccc4nc(CCS(C)(=O)=O)[nH]c4c3)no2)cc1C(F)(F)F)C(F)(F)F. The fraction of sp³-hybridized carbons (Fsp3) is 0.318. The first-order valence-corrected chi connectivity index (χ1v) is 12.6. The number of benzene rings is 2. The van der Waals surface area contributed by atoms with E-state index in [0.717, 1.165) is 18.4 Å². The maximum atomic E-state index is 13.6. The van der Waals surface area contributed by atoms with Crippen molar-refractivity contribution in [2.45, 2.75) is 31.8 Å². The van der Waals surface area contributed by atoms with Crippen molar-refractivity contribution in [1.82, 2.24) is 20.1 Å². The first kappa shape index (κ1) is 26.4. The quantitative estimate of drug-likeness (QED) is 0.316. The average molecular weight is 548 g/mol. The molecule has 8 nitrogen and oxygen atoms in total. The topological polar surface area (TPSA) is 111 Å². The number of aromatic nitrogens is 4. The third-order valence-electron chi connectivity index (χ3n) is 5.22. The van der Waals surface area contributed by atoms with Crippen LogP contribution >= 0.6 is 0 Å². The summed E-state index contributed by atoms with van der Waals surface area (Å²) in [5.74, 6) is -0.893. The monoisotopic (exact) mass is 548 g/mol. The minimum Gasteiger partial charge on any atom is -0.481 e. The highest BCUT2D eigenvalue weighted by Gasteiger charge is 2.41. The first-order chi connectivity index (χ1) is 17.1. The summed E-state index contributed by atoms with van der Waals surface area (Å²) >= 11 is 0. The number of fused-ring (bicyclic) bond motifs is 1. The Bertz CT molecular complexity index is 1540. The highest BCUT2D eigenvalue weighted by molar-refractivity contribution is 7.90. The minimum absolute atomic E-state index is 0.0313. The van der Waals surface area contributed by atoms with Crippen LogP contribution in [0.3, 0.4) is 0 Å². The summed E-state index contributed by atoms with van der Waals surface area (Å²) in [5.41, 5.74) is -0.0811. The van der Waals surface area contributed by atoms with E-state index in [1.165, 1.54) is 0 Å². The number of imidazole rings is 1. The van der Waals surface area contributed by atoms with Crippen LogP contribution in [0.5, 0.6) is 5.75 Å². The molecule has 0 saturated heterocycles. The van der Waals surface area contributed by atoms with Gasteiger partial charge in [0.15, 0.2) is 6.10 Å². The normalized spacial score (nSPS) is 13.7. The predicted octanol–water partition coefficient (Wildman–Crippen LogP) is 5.22. The van der Waals surface area contributed by atoms with Gasteiger partial charge in [-0.3, -0.25) is 0 Å². The number of sulfone groups is 1. The molecule has 0 aliphatic rings. The molecule has 2 heterocycles. The zero-order valence-corrected chi connectivity index (χ0v) is 19.9. The van der Waals surface area contributed by atoms with Crippen LogP contribution in [-0.4, -0.2) is 52.8 Å². The molecular weight excluding hydrogens is 530 g/mol. The molecule has 15 heteroatoms. The molecule has 0 amide bonds. The molecule has 0 fully saturated rings. The molecule has 2 aromatic carbocycles. The van der Waals surface area contributed by atoms with Crippen molar-refractivity contribution in [3.63, 3.8) is 0 Å². The van der Waals surface area contributed by atoms with Gasteiger partial charge in [-0.1, -0.05) is 5.16 Å². The number of hydrogen-bond acceptors (Lipinski definition) is 7. The maximum absolute atomic E-state index is 13.6. The summed E-state index contributed by atoms with van der Waals surface area (Å²) in [7, 11) is -3.18. The number of H-pyrrole nitrogens is 1. The summed E-state index contributed by atoms with van der Waals surface area (Å²) in [5, 5.41) is 3.78. The second-order valence-electron chi connectivity index (χ2n) is 8.23. The number of nitrogens with zero attached hydrogens (tertiary/aromatic N) is 3. The number of rotatable bonds is 7. The molecule has 0 bridgehead atoms. The number of aryl methyl sites for hydroxylation is 1. The lowest BCUT2D eigenvalue weighted by atomic mass is 10.1. The van der Waals surface area contributed by atoms with Crippen LogP contribution in [0.4, 0.5) is 26.3 Å². The first-order valence-electron chi connectivity index (χ1n) is 10.6. The van der Waals surface area contributed by atoms with Crippen molar-refractivity contribution in [2.75, 3.05) is 12.0 Å². The molecule has 1 unspecified atom stereocenters. The standard InChI is InChI=1S/C22H18F6N4O4S/c1-11(21(23,24)25)35-17-6-4-13(9-14(17)22(26,27)28)20-31-19(32-36-20)12-3-5-15-16(10-12)30-18(29-15)7-8-37(2,33)34/h3-6,9-11H,7-8H2,1-2H3,(H,29,30). The second kappa shape index (κ2) is 9.36. The van der Waals surface area contributed by atoms with Gasteiger partial charge in [-0.15, -0.1) is 0 Å². The van der Waals surface area contributed by atoms with Crippen LogP contribution in [0.1, 0.15) is 18.3 Å². The van der Waals surface area contributed by atoms with Gasteiger partial charge >= 0.3 is 12.4 Å². The maximum Gasteiger partial charge on any atom is 0.425 e. The van der Waals surface area contributed by atoms with Crippen LogP contribution in [-0.2, 0) is 22.4 Å². The lowest BCUT2D eigenvalue weighted by Crippen LogP contribution is -2.31. The van der Waals surface area contributed by atoms with Crippen LogP contribution < -0.4 is 4.74 Å². The molecule has 0 radical (unpaired) electrons. The predicted molar refractivity (Wildman–Crippen MR) is 119 cm³/mol. The fourth-order valence-electron chi connectivity index (χ4n) is 3.30. The van der Waals surface area contributed by atoms with E-state index in [9.17, 15) is 34.8 Å². The molecule has 198 valence electrons. The Morgan fingerprint density at radius 1 is 1.03 bits per heavy atom. The zero-order chi connectivity index (χ0) is 27.2. The molecule has 0 aliphatic carbocycles. The van der Waals surface area contributed by atoms with E-state index in [0.29, 0.717) is 35.4 Å². The van der Waals surface area contributed by atoms with Crippen LogP contribution in [0.2, 0.25) is 0 Å². The van der Waals surface area contributed by atoms with Crippen molar-refractivity contribution in [2.24, 2.45) is 0 Å². The molecule has 4 aromatic rings. The van der Waals surface area contributed by atoms with Gasteiger partial charge in [0.1, 0.15) is 21.4 Å². The number of aromatic amines is 1. The Morgan fingerprint density at radius 2 is 1.73 bits per heavy atom. The van der Waals surface area contributed by atoms with Gasteiger partial charge in [0.25, 0.3) is 5.89 Å². The van der Waals surface area contributed by atoms with Gasteiger partial charge in [-0.05, 0) is 43.3 Å². The van der Waals surface area contributed by atoms with E-state index in [4.69, 9.17) is 4.52 Å². The molecule has 2 aromatic heterocycles. The lowest BCUT2D eigenvalue weighted by Gasteiger charge is -2.20. The average Bonchev–Trinajstić information content (AvgIpc) is 3.42. The molecule has 0 aliphatic heterocycles. The second-order valence-corrected chi connectivity index (χ2v) is 10.5. The molecule has 0 saturated carbocycles. The summed E-state index contributed by atoms with van der Waals surface area (Å²) in [6, 6.07) is 7.24. The van der Waals surface area contributed by atoms with Crippen molar-refractivity contribution in [3.8, 4) is 28.6 Å². The number of alkyl halides is 6. The highest BCUT2D eigenvalue weighted by atomic mass is 32.2. The Morgan fingerprint density at radius 3 is 2.38 bits per heavy atom. The van der Waals surface area contributed by atoms with Gasteiger partial charge in [0, 0.05) is 23.8 Å². The summed E-state index contributed by atoms with van der Waals surface area (Å²) in [6.45, 7) is 0.601. The molecular formula is C22H18F6N4O4S. The third kappa shape index (κ3) is 6.21. The minimum atomic E-state index is -5.01. The van der Waals surface area contributed by atoms with E-state index in [1.807, 2.05) is 0 Å². The molecule has 4 rings (SSSR count). The number of hydrogen-bond donors (Lipinski definition) is 1. The lowest BCUT2D eigenvalue weighted by molar-refractivity contribution is -0.191. The van der Waals surface area contributed by atoms with E-state index in [-0.39, 0.29) is 29.5 Å². The van der Waals surface area contributed by atoms with Crippen LogP contribution in [0.25, 0.3) is 33.9 Å². The van der Waals surface area contributed by atoms with E-state index < -0.39 is 39.6 Å². The summed E-state index contributed by atoms with van der Waals surface area (Å²) in [6.07, 6.45) is -11.0. The van der Waals surface area contributed by atoms with Crippen LogP contribution in [0.15, 0.2) is 40.9 Å². The van der Waals surface area contributed by atoms with Gasteiger partial charge in [-0.2, -0.15) is 31.3 Å². The van der Waals surface area contributed by atoms with Gasteiger partial charge in [0.2, 0.25) is 5.82 Å². The molecule has 1 atom stereocenters. The summed E-state index contributed by atoms with van der Waals surface area (Å²) in [4.78, 5) is 11.4. The molecule has 1 N–H and O–H groups in total. The third-order valence-corrected chi connectivity index (χ3v) is 6.17. The Labute approximate surface area is 205 Å². The fourth-order valence-corrected chi connectivity index (χ4v) is 3.87. The largest absolute Gasteiger partial charge is 0.481 e. The van der Waals surface area contributed by atoms with Crippen molar-refractivity contribution in [3.05, 3.63) is 47.8 Å². The van der Waals surface area contributed by atoms with E-state index in [1.54, 1.807) is 18.2 Å². The Kier molecular flexibility index (Phi) is 6.69. The summed E-state index contributed by atoms with van der Waals surface area (Å²) < 4.78 is 111. The number of ether oxygens (including phenoxy) is 1. The Hall–Kier alpha value is -3.62. The smallest absolute Gasteiger partial charge is 0.425 e. The Balaban J connectivity index is 1.62. The van der Waals surface area contributed by atoms with Crippen molar-refractivity contribution in [1.29, 1.82) is 0 Å². The van der Waals surface area contributed by atoms with Crippen molar-refractivity contribution >= 4 is 20.9 Å². The number of halogens is 6. The zero-order valence-electron chi connectivity index (χ0n) is 19.1. The van der Waals surface area contributed by atoms with Crippen LogP contribution in [0, 0.1) is 0 Å². The highest BCUT2D eigenvalue weighted by Crippen LogP contribution is 2.40. The van der Waals surface area contributed by atoms with Gasteiger partial charge < -0.3 is 14.2 Å². The van der Waals surface area contributed by atoms with Gasteiger partial charge in [0.05, 0.1) is 22.3 Å². The van der Waals surface area contributed by atoms with Crippen molar-refractivity contribution < 1.29 is 44.0 Å². The molecule has 37 heavy (non-hydrogen) atoms. The molecule has 0 spiro atoms. The number of nitrogens with one attached hydrogen (secondary N) is 1. The van der Waals surface area contributed by atoms with E-state index >= 15 is 0 Å². The van der Waals surface area contributed by atoms with E-state index in [2.05, 4.69) is 24.8 Å².